The van der Waals surface area contributed by atoms with Gasteiger partial charge in [-0.05, 0) is 31.4 Å². The third kappa shape index (κ3) is 7.71. The van der Waals surface area contributed by atoms with Gasteiger partial charge in [-0.2, -0.15) is 0 Å². The third-order valence-electron chi connectivity index (χ3n) is 1.76. The van der Waals surface area contributed by atoms with E-state index >= 15 is 0 Å². The van der Waals surface area contributed by atoms with Crippen molar-refractivity contribution in [2.45, 2.75) is 41.0 Å². The lowest BCUT2D eigenvalue weighted by molar-refractivity contribution is 0.275. The van der Waals surface area contributed by atoms with E-state index in [9.17, 15) is 4.79 Å². The van der Waals surface area contributed by atoms with Gasteiger partial charge in [0.25, 0.3) is 0 Å². The van der Waals surface area contributed by atoms with Gasteiger partial charge < -0.3 is 9.72 Å². The van der Waals surface area contributed by atoms with Crippen molar-refractivity contribution in [3.63, 3.8) is 0 Å². The predicted molar refractivity (Wildman–Crippen MR) is 77.5 cm³/mol. The van der Waals surface area contributed by atoms with Crippen LogP contribution in [0.1, 0.15) is 46.7 Å². The van der Waals surface area contributed by atoms with Crippen molar-refractivity contribution in [3.05, 3.63) is 40.3 Å². The number of H-pyrrole nitrogens is 1. The van der Waals surface area contributed by atoms with Gasteiger partial charge >= 0.3 is 0 Å². The monoisotopic (exact) mass is 251 g/mol. The average Bonchev–Trinajstić information content (AvgIpc) is 2.29. The summed E-state index contributed by atoms with van der Waals surface area (Å²) in [5.41, 5.74) is 0.621. The summed E-state index contributed by atoms with van der Waals surface area (Å²) < 4.78 is 5.47. The van der Waals surface area contributed by atoms with Gasteiger partial charge in [0, 0.05) is 6.07 Å². The van der Waals surface area contributed by atoms with Crippen molar-refractivity contribution in [2.24, 2.45) is 5.92 Å². The van der Waals surface area contributed by atoms with E-state index in [0.717, 1.165) is 23.8 Å². The van der Waals surface area contributed by atoms with Gasteiger partial charge in [0.05, 0.1) is 12.3 Å². The quantitative estimate of drug-likeness (QED) is 0.826. The number of aromatic nitrogens is 1. The third-order valence-corrected chi connectivity index (χ3v) is 1.76. The van der Waals surface area contributed by atoms with Crippen molar-refractivity contribution in [2.75, 3.05) is 6.61 Å². The molecular formula is C15H25NO2. The molecule has 3 nitrogen and oxygen atoms in total. The minimum atomic E-state index is -0.109. The first-order chi connectivity index (χ1) is 8.51. The average molecular weight is 251 g/mol. The summed E-state index contributed by atoms with van der Waals surface area (Å²) in [5, 5.41) is 0. The Labute approximate surface area is 110 Å². The summed E-state index contributed by atoms with van der Waals surface area (Å²) in [7, 11) is 0. The number of pyridine rings is 1. The fourth-order valence-corrected chi connectivity index (χ4v) is 1.12. The molecule has 0 unspecified atom stereocenters. The highest BCUT2D eigenvalue weighted by atomic mass is 16.5. The van der Waals surface area contributed by atoms with E-state index in [0.29, 0.717) is 6.61 Å². The molecule has 0 atom stereocenters. The second kappa shape index (κ2) is 9.51. The SMILES string of the molecule is CC(C)C.CC=C(OCCC)c1cccc(=O)[nH]1. The van der Waals surface area contributed by atoms with Crippen LogP contribution in [0, 0.1) is 5.92 Å². The first-order valence-corrected chi connectivity index (χ1v) is 6.50. The summed E-state index contributed by atoms with van der Waals surface area (Å²) in [4.78, 5) is 13.8. The van der Waals surface area contributed by atoms with Crippen molar-refractivity contribution in [3.8, 4) is 0 Å². The molecule has 0 radical (unpaired) electrons. The molecule has 0 aliphatic rings. The molecule has 102 valence electrons. The largest absolute Gasteiger partial charge is 0.492 e. The van der Waals surface area contributed by atoms with Crippen LogP contribution in [0.25, 0.3) is 5.76 Å². The van der Waals surface area contributed by atoms with Gasteiger partial charge in [-0.1, -0.05) is 33.8 Å². The molecule has 0 aromatic carbocycles. The fraction of sp³-hybridized carbons (Fsp3) is 0.533. The molecule has 3 heteroatoms. The highest BCUT2D eigenvalue weighted by Crippen LogP contribution is 2.11. The maximum absolute atomic E-state index is 11.0. The molecule has 0 amide bonds. The number of ether oxygens (including phenoxy) is 1. The van der Waals surface area contributed by atoms with E-state index in [1.54, 1.807) is 6.07 Å². The minimum Gasteiger partial charge on any atom is -0.492 e. The lowest BCUT2D eigenvalue weighted by Gasteiger charge is -2.08. The van der Waals surface area contributed by atoms with Crippen LogP contribution >= 0.6 is 0 Å². The highest BCUT2D eigenvalue weighted by Gasteiger charge is 2.00. The first kappa shape index (κ1) is 16.5. The number of hydrogen-bond donors (Lipinski definition) is 1. The maximum Gasteiger partial charge on any atom is 0.248 e. The summed E-state index contributed by atoms with van der Waals surface area (Å²) >= 11 is 0. The van der Waals surface area contributed by atoms with Gasteiger partial charge in [0.1, 0.15) is 5.76 Å². The number of allylic oxidation sites excluding steroid dienone is 1. The Morgan fingerprint density at radius 3 is 2.44 bits per heavy atom. The molecule has 0 spiro atoms. The van der Waals surface area contributed by atoms with Crippen molar-refractivity contribution >= 4 is 5.76 Å². The van der Waals surface area contributed by atoms with Crippen molar-refractivity contribution in [1.29, 1.82) is 0 Å². The van der Waals surface area contributed by atoms with E-state index in [1.165, 1.54) is 6.07 Å². The summed E-state index contributed by atoms with van der Waals surface area (Å²) in [6.45, 7) is 11.1. The molecule has 0 bridgehead atoms. The van der Waals surface area contributed by atoms with Gasteiger partial charge in [0.15, 0.2) is 0 Å². The lowest BCUT2D eigenvalue weighted by Crippen LogP contribution is -2.07. The molecule has 0 fully saturated rings. The standard InChI is InChI=1S/C11H15NO2.C4H10/c1-3-8-14-10(4-2)9-6-5-7-11(13)12-9;1-4(2)3/h4-7H,3,8H2,1-2H3,(H,12,13);4H,1-3H3. The Hall–Kier alpha value is -1.51. The fourth-order valence-electron chi connectivity index (χ4n) is 1.12. The van der Waals surface area contributed by atoms with Crippen molar-refractivity contribution < 1.29 is 4.74 Å². The second-order valence-corrected chi connectivity index (χ2v) is 4.66. The van der Waals surface area contributed by atoms with Crippen LogP contribution in [0.15, 0.2) is 29.1 Å². The van der Waals surface area contributed by atoms with Gasteiger partial charge in [0.2, 0.25) is 5.56 Å². The summed E-state index contributed by atoms with van der Waals surface area (Å²) in [6, 6.07) is 5.02. The summed E-state index contributed by atoms with van der Waals surface area (Å²) in [5.74, 6) is 1.56. The predicted octanol–water partition coefficient (Wildman–Crippen LogP) is 3.82. The van der Waals surface area contributed by atoms with Crippen LogP contribution in [0.2, 0.25) is 0 Å². The van der Waals surface area contributed by atoms with E-state index in [-0.39, 0.29) is 5.56 Å². The Morgan fingerprint density at radius 1 is 1.39 bits per heavy atom. The number of rotatable bonds is 4. The van der Waals surface area contributed by atoms with Gasteiger partial charge in [-0.25, -0.2) is 0 Å². The first-order valence-electron chi connectivity index (χ1n) is 6.50. The molecule has 0 saturated heterocycles. The Kier molecular flexibility index (Phi) is 8.71. The molecule has 1 rings (SSSR count). The van der Waals surface area contributed by atoms with E-state index in [1.807, 2.05) is 26.0 Å². The van der Waals surface area contributed by atoms with Crippen LogP contribution in [0.5, 0.6) is 0 Å². The van der Waals surface area contributed by atoms with Gasteiger partial charge in [-0.15, -0.1) is 0 Å². The molecular weight excluding hydrogens is 226 g/mol. The Balaban J connectivity index is 0.000000631. The molecule has 0 saturated carbocycles. The molecule has 1 N–H and O–H groups in total. The second-order valence-electron chi connectivity index (χ2n) is 4.66. The zero-order chi connectivity index (χ0) is 14.0. The number of aromatic amines is 1. The smallest absolute Gasteiger partial charge is 0.248 e. The molecule has 0 aliphatic carbocycles. The minimum absolute atomic E-state index is 0.109. The van der Waals surface area contributed by atoms with Crippen molar-refractivity contribution in [1.82, 2.24) is 4.98 Å². The van der Waals surface area contributed by atoms with Crippen LogP contribution in [0.3, 0.4) is 0 Å². The highest BCUT2D eigenvalue weighted by molar-refractivity contribution is 5.55. The molecule has 0 aliphatic heterocycles. The maximum atomic E-state index is 11.0. The molecule has 1 aromatic rings. The number of nitrogens with one attached hydrogen (secondary N) is 1. The van der Waals surface area contributed by atoms with Crippen LogP contribution in [-0.2, 0) is 4.74 Å². The number of hydrogen-bond acceptors (Lipinski definition) is 2. The van der Waals surface area contributed by atoms with Crippen LogP contribution in [0.4, 0.5) is 0 Å². The van der Waals surface area contributed by atoms with Crippen LogP contribution < -0.4 is 5.56 Å². The van der Waals surface area contributed by atoms with Gasteiger partial charge in [-0.3, -0.25) is 4.79 Å². The Morgan fingerprint density at radius 2 is 2.00 bits per heavy atom. The molecule has 18 heavy (non-hydrogen) atoms. The molecule has 1 heterocycles. The summed E-state index contributed by atoms with van der Waals surface area (Å²) in [6.07, 6.45) is 2.80. The lowest BCUT2D eigenvalue weighted by atomic mass is 10.3. The van der Waals surface area contributed by atoms with E-state index < -0.39 is 0 Å². The zero-order valence-electron chi connectivity index (χ0n) is 12.1. The molecule has 1 aromatic heterocycles. The topological polar surface area (TPSA) is 42.1 Å². The van der Waals surface area contributed by atoms with E-state index in [2.05, 4.69) is 25.8 Å². The zero-order valence-corrected chi connectivity index (χ0v) is 12.1. The van der Waals surface area contributed by atoms with Crippen LogP contribution in [-0.4, -0.2) is 11.6 Å². The normalized spacial score (nSPS) is 10.9. The Bertz CT molecular complexity index is 402. The van der Waals surface area contributed by atoms with E-state index in [4.69, 9.17) is 4.74 Å².